The Morgan fingerprint density at radius 2 is 1.69 bits per heavy atom. The van der Waals surface area contributed by atoms with Gasteiger partial charge in [-0.1, -0.05) is 11.6 Å². The first-order valence-electron chi connectivity index (χ1n) is 8.44. The number of hydrogen-bond acceptors (Lipinski definition) is 4. The van der Waals surface area contributed by atoms with Crippen LogP contribution in [0.5, 0.6) is 11.6 Å². The van der Waals surface area contributed by atoms with E-state index in [1.54, 1.807) is 36.4 Å². The molecule has 0 aliphatic heterocycles. The van der Waals surface area contributed by atoms with Crippen LogP contribution in [0.15, 0.2) is 42.6 Å². The van der Waals surface area contributed by atoms with Gasteiger partial charge in [0, 0.05) is 17.0 Å². The highest BCUT2D eigenvalue weighted by Crippen LogP contribution is 2.30. The summed E-state index contributed by atoms with van der Waals surface area (Å²) in [6.07, 6.45) is 3.80. The van der Waals surface area contributed by atoms with E-state index in [-0.39, 0.29) is 17.7 Å². The molecule has 0 spiro atoms. The van der Waals surface area contributed by atoms with Crippen LogP contribution in [0.3, 0.4) is 0 Å². The Kier molecular flexibility index (Phi) is 5.73. The van der Waals surface area contributed by atoms with E-state index >= 15 is 0 Å². The zero-order valence-corrected chi connectivity index (χ0v) is 14.8. The lowest BCUT2D eigenvalue weighted by atomic mass is 9.81. The molecule has 2 aromatic rings. The lowest BCUT2D eigenvalue weighted by Crippen LogP contribution is -2.29. The van der Waals surface area contributed by atoms with Crippen molar-refractivity contribution < 1.29 is 19.4 Å². The van der Waals surface area contributed by atoms with E-state index in [0.717, 1.165) is 0 Å². The summed E-state index contributed by atoms with van der Waals surface area (Å²) in [7, 11) is 0. The number of nitrogens with zero attached hydrogens (tertiary/aromatic N) is 1. The first-order valence-corrected chi connectivity index (χ1v) is 8.82. The van der Waals surface area contributed by atoms with Crippen LogP contribution in [-0.2, 0) is 9.59 Å². The average Bonchev–Trinajstić information content (AvgIpc) is 2.65. The predicted octanol–water partition coefficient (Wildman–Crippen LogP) is 4.36. The molecule has 0 radical (unpaired) electrons. The van der Waals surface area contributed by atoms with Gasteiger partial charge in [0.1, 0.15) is 5.75 Å². The van der Waals surface area contributed by atoms with Crippen LogP contribution in [0.25, 0.3) is 0 Å². The number of nitrogens with one attached hydrogen (secondary N) is 1. The molecule has 2 N–H and O–H groups in total. The normalized spacial score (nSPS) is 19.6. The minimum atomic E-state index is -0.774. The van der Waals surface area contributed by atoms with E-state index in [1.807, 2.05) is 0 Å². The number of carboxylic acid groups (broad SMARTS) is 1. The zero-order valence-electron chi connectivity index (χ0n) is 14.0. The van der Waals surface area contributed by atoms with Crippen molar-refractivity contribution in [3.05, 3.63) is 47.6 Å². The molecular weight excluding hydrogens is 356 g/mol. The summed E-state index contributed by atoms with van der Waals surface area (Å²) in [6, 6.07) is 10.3. The van der Waals surface area contributed by atoms with E-state index in [2.05, 4.69) is 10.3 Å². The molecule has 7 heteroatoms. The third-order valence-electron chi connectivity index (χ3n) is 4.49. The third kappa shape index (κ3) is 4.73. The molecule has 0 atom stereocenters. The van der Waals surface area contributed by atoms with E-state index < -0.39 is 5.97 Å². The number of carboxylic acids is 1. The first kappa shape index (κ1) is 18.2. The molecule has 6 nitrogen and oxygen atoms in total. The maximum atomic E-state index is 12.3. The van der Waals surface area contributed by atoms with Gasteiger partial charge in [0.2, 0.25) is 11.8 Å². The van der Waals surface area contributed by atoms with Crippen LogP contribution in [0.4, 0.5) is 5.69 Å². The van der Waals surface area contributed by atoms with Crippen LogP contribution < -0.4 is 10.1 Å². The zero-order chi connectivity index (χ0) is 18.5. The van der Waals surface area contributed by atoms with Crippen molar-refractivity contribution in [2.75, 3.05) is 5.32 Å². The Labute approximate surface area is 156 Å². The number of rotatable bonds is 5. The number of anilines is 1. The minimum absolute atomic E-state index is 0.0954. The highest BCUT2D eigenvalue weighted by atomic mass is 35.5. The lowest BCUT2D eigenvalue weighted by molar-refractivity contribution is -0.143. The number of benzene rings is 1. The molecule has 1 aromatic heterocycles. The monoisotopic (exact) mass is 374 g/mol. The molecule has 1 fully saturated rings. The fraction of sp³-hybridized carbons (Fsp3) is 0.316. The standard InChI is InChI=1S/C19H19ClN2O4/c20-14-5-8-16(9-6-14)26-17-10-7-15(11-21-17)22-18(23)12-1-3-13(4-2-12)19(24)25/h5-13H,1-4H2,(H,22,23)(H,24,25). The van der Waals surface area contributed by atoms with Crippen molar-refractivity contribution in [2.24, 2.45) is 11.8 Å². The highest BCUT2D eigenvalue weighted by Gasteiger charge is 2.29. The summed E-state index contributed by atoms with van der Waals surface area (Å²) in [5.74, 6) is -0.326. The van der Waals surface area contributed by atoms with Crippen LogP contribution in [0, 0.1) is 11.8 Å². The van der Waals surface area contributed by atoms with Crippen LogP contribution in [0.2, 0.25) is 5.02 Å². The molecule has 0 bridgehead atoms. The molecule has 1 aliphatic rings. The van der Waals surface area contributed by atoms with Crippen LogP contribution in [0.1, 0.15) is 25.7 Å². The second-order valence-electron chi connectivity index (χ2n) is 6.32. The Morgan fingerprint density at radius 1 is 1.04 bits per heavy atom. The van der Waals surface area contributed by atoms with E-state index in [9.17, 15) is 9.59 Å². The average molecular weight is 375 g/mol. The molecule has 1 aliphatic carbocycles. The molecule has 136 valence electrons. The Hall–Kier alpha value is -2.60. The van der Waals surface area contributed by atoms with Crippen molar-refractivity contribution in [1.29, 1.82) is 0 Å². The summed E-state index contributed by atoms with van der Waals surface area (Å²) in [5, 5.41) is 12.5. The molecule has 1 aromatic carbocycles. The summed E-state index contributed by atoms with van der Waals surface area (Å²) in [6.45, 7) is 0. The van der Waals surface area contributed by atoms with Gasteiger partial charge in [0.15, 0.2) is 0 Å². The smallest absolute Gasteiger partial charge is 0.306 e. The largest absolute Gasteiger partial charge is 0.481 e. The number of pyridine rings is 1. The van der Waals surface area contributed by atoms with Crippen molar-refractivity contribution in [3.63, 3.8) is 0 Å². The number of carbonyl (C=O) groups is 2. The molecule has 0 saturated heterocycles. The molecule has 1 saturated carbocycles. The summed E-state index contributed by atoms with van der Waals surface area (Å²) >= 11 is 5.83. The van der Waals surface area contributed by atoms with Gasteiger partial charge in [-0.05, 0) is 56.0 Å². The number of aromatic nitrogens is 1. The van der Waals surface area contributed by atoms with Gasteiger partial charge in [-0.25, -0.2) is 4.98 Å². The number of hydrogen-bond donors (Lipinski definition) is 2. The van der Waals surface area contributed by atoms with Crippen LogP contribution >= 0.6 is 11.6 Å². The van der Waals surface area contributed by atoms with Crippen LogP contribution in [-0.4, -0.2) is 22.0 Å². The van der Waals surface area contributed by atoms with Crippen molar-refractivity contribution in [1.82, 2.24) is 4.98 Å². The van der Waals surface area contributed by atoms with Gasteiger partial charge in [-0.15, -0.1) is 0 Å². The number of ether oxygens (including phenoxy) is 1. The summed E-state index contributed by atoms with van der Waals surface area (Å²) in [4.78, 5) is 27.5. The fourth-order valence-corrected chi connectivity index (χ4v) is 3.11. The molecule has 26 heavy (non-hydrogen) atoms. The lowest BCUT2D eigenvalue weighted by Gasteiger charge is -2.25. The molecule has 3 rings (SSSR count). The second-order valence-corrected chi connectivity index (χ2v) is 6.75. The first-order chi connectivity index (χ1) is 12.5. The summed E-state index contributed by atoms with van der Waals surface area (Å²) < 4.78 is 5.61. The van der Waals surface area contributed by atoms with E-state index in [1.165, 1.54) is 6.20 Å². The number of carbonyl (C=O) groups excluding carboxylic acids is 1. The molecule has 1 heterocycles. The minimum Gasteiger partial charge on any atom is -0.481 e. The van der Waals surface area contributed by atoms with E-state index in [0.29, 0.717) is 48.0 Å². The van der Waals surface area contributed by atoms with Gasteiger partial charge in [-0.2, -0.15) is 0 Å². The van der Waals surface area contributed by atoms with E-state index in [4.69, 9.17) is 21.4 Å². The van der Waals surface area contributed by atoms with Gasteiger partial charge in [0.05, 0.1) is 17.8 Å². The highest BCUT2D eigenvalue weighted by molar-refractivity contribution is 6.30. The summed E-state index contributed by atoms with van der Waals surface area (Å²) in [5.41, 5.74) is 0.582. The third-order valence-corrected chi connectivity index (χ3v) is 4.74. The molecule has 0 unspecified atom stereocenters. The number of amides is 1. The molecule has 1 amide bonds. The Bertz CT molecular complexity index is 769. The van der Waals surface area contributed by atoms with Gasteiger partial charge in [-0.3, -0.25) is 9.59 Å². The Balaban J connectivity index is 1.53. The SMILES string of the molecule is O=C(O)C1CCC(C(=O)Nc2ccc(Oc3ccc(Cl)cc3)nc2)CC1. The van der Waals surface area contributed by atoms with Crippen molar-refractivity contribution >= 4 is 29.2 Å². The second kappa shape index (κ2) is 8.19. The fourth-order valence-electron chi connectivity index (χ4n) is 2.98. The van der Waals surface area contributed by atoms with Gasteiger partial charge >= 0.3 is 5.97 Å². The predicted molar refractivity (Wildman–Crippen MR) is 97.5 cm³/mol. The van der Waals surface area contributed by atoms with Crippen molar-refractivity contribution in [3.8, 4) is 11.6 Å². The molecular formula is C19H19ClN2O4. The number of halogens is 1. The topological polar surface area (TPSA) is 88.5 Å². The van der Waals surface area contributed by atoms with Gasteiger partial charge in [0.25, 0.3) is 0 Å². The Morgan fingerprint density at radius 3 is 2.27 bits per heavy atom. The van der Waals surface area contributed by atoms with Crippen molar-refractivity contribution in [2.45, 2.75) is 25.7 Å². The van der Waals surface area contributed by atoms with Gasteiger partial charge < -0.3 is 15.2 Å². The maximum Gasteiger partial charge on any atom is 0.306 e. The number of aliphatic carboxylic acids is 1. The maximum absolute atomic E-state index is 12.3. The quantitative estimate of drug-likeness (QED) is 0.811.